The molecule has 9 heteroatoms. The van der Waals surface area contributed by atoms with Gasteiger partial charge in [0.1, 0.15) is 11.3 Å². The van der Waals surface area contributed by atoms with Crippen LogP contribution < -0.4 is 16.6 Å². The lowest BCUT2D eigenvalue weighted by Crippen LogP contribution is -2.17. The minimum Gasteiger partial charge on any atom is -0.318 e. The number of hydrazine groups is 1. The smallest absolute Gasteiger partial charge is 0.306 e. The number of carbonyl (C=O) groups is 1. The van der Waals surface area contributed by atoms with Crippen molar-refractivity contribution in [1.82, 2.24) is 9.97 Å². The van der Waals surface area contributed by atoms with Crippen LogP contribution in [0.4, 0.5) is 17.2 Å². The van der Waals surface area contributed by atoms with Gasteiger partial charge >= 0.3 is 5.69 Å². The highest BCUT2D eigenvalue weighted by Gasteiger charge is 2.24. The van der Waals surface area contributed by atoms with Gasteiger partial charge in [0.05, 0.1) is 11.1 Å². The molecule has 1 amide bonds. The van der Waals surface area contributed by atoms with E-state index < -0.39 is 16.5 Å². The van der Waals surface area contributed by atoms with Crippen molar-refractivity contribution in [3.8, 4) is 0 Å². The maximum absolute atomic E-state index is 12.1. The van der Waals surface area contributed by atoms with Crippen molar-refractivity contribution in [1.29, 1.82) is 0 Å². The molecule has 0 aliphatic rings. The number of nitro benzene ring substituents is 1. The maximum Gasteiger partial charge on any atom is 0.306 e. The maximum atomic E-state index is 12.1. The molecule has 1 heterocycles. The Labute approximate surface area is 113 Å². The first-order chi connectivity index (χ1) is 9.63. The summed E-state index contributed by atoms with van der Waals surface area (Å²) >= 11 is 0. The first kappa shape index (κ1) is 13.4. The van der Waals surface area contributed by atoms with Crippen molar-refractivity contribution in [3.05, 3.63) is 52.5 Å². The Morgan fingerprint density at radius 3 is 2.75 bits per heavy atom. The molecule has 0 saturated carbocycles. The molecule has 0 radical (unpaired) electrons. The molecule has 0 saturated heterocycles. The Kier molecular flexibility index (Phi) is 3.82. The molecule has 1 aromatic heterocycles. The summed E-state index contributed by atoms with van der Waals surface area (Å²) in [7, 11) is 0. The Bertz CT molecular complexity index is 646. The second-order valence-electron chi connectivity index (χ2n) is 3.65. The number of nitrogens with two attached hydrogens (primary N) is 1. The van der Waals surface area contributed by atoms with Gasteiger partial charge in [0, 0.05) is 12.4 Å². The van der Waals surface area contributed by atoms with E-state index in [9.17, 15) is 14.9 Å². The molecule has 0 spiro atoms. The van der Waals surface area contributed by atoms with Gasteiger partial charge in [0.2, 0.25) is 0 Å². The van der Waals surface area contributed by atoms with Crippen molar-refractivity contribution >= 4 is 23.1 Å². The first-order valence-corrected chi connectivity index (χ1v) is 5.45. The van der Waals surface area contributed by atoms with Crippen LogP contribution >= 0.6 is 0 Å². The zero-order chi connectivity index (χ0) is 14.5. The number of rotatable bonds is 4. The largest absolute Gasteiger partial charge is 0.318 e. The molecule has 0 atom stereocenters. The lowest BCUT2D eigenvalue weighted by Gasteiger charge is -2.07. The molecule has 0 unspecified atom stereocenters. The monoisotopic (exact) mass is 274 g/mol. The highest BCUT2D eigenvalue weighted by Crippen LogP contribution is 2.28. The number of aromatic nitrogens is 2. The minimum atomic E-state index is -0.680. The van der Waals surface area contributed by atoms with Crippen LogP contribution in [0.2, 0.25) is 0 Å². The number of hydrogen-bond donors (Lipinski definition) is 3. The van der Waals surface area contributed by atoms with E-state index in [0.717, 1.165) is 0 Å². The van der Waals surface area contributed by atoms with Crippen molar-refractivity contribution in [2.75, 3.05) is 10.7 Å². The molecule has 0 aliphatic carbocycles. The zero-order valence-electron chi connectivity index (χ0n) is 10.1. The van der Waals surface area contributed by atoms with Crippen LogP contribution in [-0.4, -0.2) is 20.8 Å². The van der Waals surface area contributed by atoms with E-state index in [1.807, 2.05) is 0 Å². The number of carbonyl (C=O) groups excluding carboxylic acids is 1. The normalized spacial score (nSPS) is 9.85. The second-order valence-corrected chi connectivity index (χ2v) is 3.65. The van der Waals surface area contributed by atoms with Crippen LogP contribution in [0, 0.1) is 10.1 Å². The second kappa shape index (κ2) is 5.71. The fourth-order valence-electron chi connectivity index (χ4n) is 1.59. The Hall–Kier alpha value is -3.07. The summed E-state index contributed by atoms with van der Waals surface area (Å²) in [6.07, 6.45) is 4.16. The van der Waals surface area contributed by atoms with Crippen LogP contribution in [0.1, 0.15) is 10.4 Å². The van der Waals surface area contributed by atoms with Crippen LogP contribution in [0.5, 0.6) is 0 Å². The quantitative estimate of drug-likeness (QED) is 0.428. The fourth-order valence-corrected chi connectivity index (χ4v) is 1.59. The lowest BCUT2D eigenvalue weighted by molar-refractivity contribution is -0.384. The Balaban J connectivity index is 2.37. The molecular formula is C11H10N6O3. The third kappa shape index (κ3) is 2.67. The van der Waals surface area contributed by atoms with Crippen LogP contribution in [0.3, 0.4) is 0 Å². The average molecular weight is 274 g/mol. The van der Waals surface area contributed by atoms with Gasteiger partial charge in [-0.05, 0) is 12.1 Å². The van der Waals surface area contributed by atoms with Crippen molar-refractivity contribution in [2.45, 2.75) is 0 Å². The number of nitrogens with one attached hydrogen (secondary N) is 2. The molecule has 9 nitrogen and oxygen atoms in total. The van der Waals surface area contributed by atoms with Crippen LogP contribution in [0.25, 0.3) is 0 Å². The number of nitrogens with zero attached hydrogens (tertiary/aromatic N) is 3. The Morgan fingerprint density at radius 1 is 1.35 bits per heavy atom. The van der Waals surface area contributed by atoms with Gasteiger partial charge < -0.3 is 10.7 Å². The third-order valence-corrected chi connectivity index (χ3v) is 2.42. The van der Waals surface area contributed by atoms with E-state index in [0.29, 0.717) is 0 Å². The fraction of sp³-hybridized carbons (Fsp3) is 0. The van der Waals surface area contributed by atoms with Gasteiger partial charge in [0.25, 0.3) is 5.91 Å². The summed E-state index contributed by atoms with van der Waals surface area (Å²) in [5.74, 6) is 4.72. The van der Waals surface area contributed by atoms with Crippen molar-refractivity contribution < 1.29 is 9.72 Å². The molecular weight excluding hydrogens is 264 g/mol. The molecule has 0 aliphatic heterocycles. The van der Waals surface area contributed by atoms with Gasteiger partial charge in [-0.25, -0.2) is 4.98 Å². The molecule has 2 aromatic rings. The number of nitrogen functional groups attached to an aromatic ring is 1. The summed E-state index contributed by atoms with van der Waals surface area (Å²) < 4.78 is 0. The van der Waals surface area contributed by atoms with E-state index in [4.69, 9.17) is 5.84 Å². The predicted octanol–water partition coefficient (Wildman–Crippen LogP) is 0.923. The van der Waals surface area contributed by atoms with Gasteiger partial charge in [-0.2, -0.15) is 0 Å². The lowest BCUT2D eigenvalue weighted by atomic mass is 10.1. The molecule has 4 N–H and O–H groups in total. The summed E-state index contributed by atoms with van der Waals surface area (Å²) in [6, 6.07) is 4.20. The van der Waals surface area contributed by atoms with E-state index in [1.54, 1.807) is 0 Å². The molecule has 0 fully saturated rings. The number of hydrogen-bond acceptors (Lipinski definition) is 7. The zero-order valence-corrected chi connectivity index (χ0v) is 10.1. The van der Waals surface area contributed by atoms with Gasteiger partial charge in [-0.1, -0.05) is 6.07 Å². The average Bonchev–Trinajstić information content (AvgIpc) is 2.47. The summed E-state index contributed by atoms with van der Waals surface area (Å²) in [5.41, 5.74) is 1.70. The van der Waals surface area contributed by atoms with Crippen molar-refractivity contribution in [2.24, 2.45) is 5.84 Å². The molecule has 20 heavy (non-hydrogen) atoms. The Morgan fingerprint density at radius 2 is 2.15 bits per heavy atom. The van der Waals surface area contributed by atoms with Crippen LogP contribution in [-0.2, 0) is 0 Å². The van der Waals surface area contributed by atoms with Crippen molar-refractivity contribution in [3.63, 3.8) is 0 Å². The summed E-state index contributed by atoms with van der Waals surface area (Å²) in [6.45, 7) is 0. The minimum absolute atomic E-state index is 0.0433. The summed E-state index contributed by atoms with van der Waals surface area (Å²) in [4.78, 5) is 30.1. The third-order valence-electron chi connectivity index (χ3n) is 2.42. The number of benzene rings is 1. The summed E-state index contributed by atoms with van der Waals surface area (Å²) in [5, 5.41) is 13.5. The molecule has 1 aromatic carbocycles. The van der Waals surface area contributed by atoms with E-state index >= 15 is 0 Å². The number of nitro groups is 1. The number of amides is 1. The number of para-hydroxylation sites is 1. The standard InChI is InChI=1S/C11H10N6O3/c12-16-8-3-1-2-7(10(8)17(19)20)11(18)15-9-6-13-4-5-14-9/h1-6,16H,12H2,(H,14,15,18). The van der Waals surface area contributed by atoms with Crippen LogP contribution in [0.15, 0.2) is 36.8 Å². The van der Waals surface area contributed by atoms with E-state index in [2.05, 4.69) is 20.7 Å². The van der Waals surface area contributed by atoms with Gasteiger partial charge in [-0.3, -0.25) is 25.7 Å². The molecule has 102 valence electrons. The van der Waals surface area contributed by atoms with Gasteiger partial charge in [-0.15, -0.1) is 0 Å². The number of anilines is 2. The van der Waals surface area contributed by atoms with Gasteiger partial charge in [0.15, 0.2) is 5.82 Å². The van der Waals surface area contributed by atoms with E-state index in [-0.39, 0.29) is 17.1 Å². The first-order valence-electron chi connectivity index (χ1n) is 5.45. The highest BCUT2D eigenvalue weighted by atomic mass is 16.6. The van der Waals surface area contributed by atoms with E-state index in [1.165, 1.54) is 36.8 Å². The highest BCUT2D eigenvalue weighted by molar-refractivity contribution is 6.08. The molecule has 2 rings (SSSR count). The molecule has 0 bridgehead atoms. The topological polar surface area (TPSA) is 136 Å². The predicted molar refractivity (Wildman–Crippen MR) is 70.9 cm³/mol. The SMILES string of the molecule is NNc1cccc(C(=O)Nc2cnccn2)c1[N+](=O)[O-].